The lowest BCUT2D eigenvalue weighted by molar-refractivity contribution is 0.0792. The monoisotopic (exact) mass is 360 g/mol. The molecule has 4 nitrogen and oxygen atoms in total. The van der Waals surface area contributed by atoms with Gasteiger partial charge in [0, 0.05) is 32.9 Å². The average Bonchev–Trinajstić information content (AvgIpc) is 2.96. The van der Waals surface area contributed by atoms with E-state index in [-0.39, 0.29) is 5.91 Å². The van der Waals surface area contributed by atoms with Crippen molar-refractivity contribution >= 4 is 19.4 Å². The van der Waals surface area contributed by atoms with Crippen molar-refractivity contribution in [2.75, 3.05) is 32.6 Å². The summed E-state index contributed by atoms with van der Waals surface area (Å²) in [6.07, 6.45) is 0.972. The molecule has 3 rings (SSSR count). The minimum absolute atomic E-state index is 0.0617. The molecule has 0 bridgehead atoms. The van der Waals surface area contributed by atoms with E-state index in [4.69, 9.17) is 12.6 Å². The van der Waals surface area contributed by atoms with Crippen LogP contribution in [0.3, 0.4) is 0 Å². The largest absolute Gasteiger partial charge is 0.496 e. The van der Waals surface area contributed by atoms with Gasteiger partial charge in [0.25, 0.3) is 5.91 Å². The van der Waals surface area contributed by atoms with Crippen LogP contribution in [-0.4, -0.2) is 46.4 Å². The molecule has 1 aliphatic heterocycles. The Morgan fingerprint density at radius 2 is 2.04 bits per heavy atom. The highest BCUT2D eigenvalue weighted by molar-refractivity contribution is 6.21. The number of carbonyl (C=O) groups excluding carboxylic acids is 1. The molecule has 0 saturated carbocycles. The summed E-state index contributed by atoms with van der Waals surface area (Å²) in [4.78, 5) is 16.8. The van der Waals surface area contributed by atoms with Gasteiger partial charge in [0.2, 0.25) is 0 Å². The molecule has 1 aliphatic rings. The molecule has 0 N–H and O–H groups in total. The van der Waals surface area contributed by atoms with Gasteiger partial charge in [-0.25, -0.2) is 0 Å². The van der Waals surface area contributed by atoms with Gasteiger partial charge in [-0.3, -0.25) is 4.79 Å². The quantitative estimate of drug-likeness (QED) is 0.738. The normalized spacial score (nSPS) is 12.9. The van der Waals surface area contributed by atoms with Crippen molar-refractivity contribution in [1.29, 1.82) is 0 Å². The molecule has 0 atom stereocenters. The van der Waals surface area contributed by atoms with Gasteiger partial charge in [0.05, 0.1) is 12.7 Å². The first-order chi connectivity index (χ1) is 12.9. The molecule has 1 amide bonds. The number of amides is 1. The van der Waals surface area contributed by atoms with E-state index in [9.17, 15) is 4.79 Å². The lowest BCUT2D eigenvalue weighted by Gasteiger charge is -2.19. The standard InChI is InChI=1S/C22H25BN2O2/c1-6-15-7-8-16(11-19(15)24(3)4)17-9-10-20(27-5)21-18(17)13-25(22(21)26)12-14(2)23/h7-11H,2,6,12-13H2,1,3-5H3. The highest BCUT2D eigenvalue weighted by Crippen LogP contribution is 2.39. The van der Waals surface area contributed by atoms with E-state index in [0.717, 1.165) is 23.1 Å². The maximum Gasteiger partial charge on any atom is 0.258 e. The number of carbonyl (C=O) groups is 1. The fraction of sp³-hybridized carbons (Fsp3) is 0.318. The van der Waals surface area contributed by atoms with Gasteiger partial charge in [0.1, 0.15) is 13.6 Å². The zero-order chi connectivity index (χ0) is 19.7. The van der Waals surface area contributed by atoms with Gasteiger partial charge in [-0.2, -0.15) is 0 Å². The number of hydrogen-bond donors (Lipinski definition) is 0. The first-order valence-electron chi connectivity index (χ1n) is 9.10. The Morgan fingerprint density at radius 1 is 1.30 bits per heavy atom. The second-order valence-corrected chi connectivity index (χ2v) is 7.08. The zero-order valence-corrected chi connectivity index (χ0v) is 16.5. The minimum Gasteiger partial charge on any atom is -0.496 e. The van der Waals surface area contributed by atoms with Gasteiger partial charge in [-0.05, 0) is 40.8 Å². The van der Waals surface area contributed by atoms with Gasteiger partial charge in [-0.1, -0.05) is 25.1 Å². The maximum absolute atomic E-state index is 12.9. The molecular formula is C22H25BN2O2. The number of ether oxygens (including phenoxy) is 1. The molecule has 0 spiro atoms. The Bertz CT molecular complexity index is 905. The van der Waals surface area contributed by atoms with Gasteiger partial charge in [-0.15, -0.1) is 12.1 Å². The molecule has 0 unspecified atom stereocenters. The summed E-state index contributed by atoms with van der Waals surface area (Å²) < 4.78 is 5.46. The molecule has 138 valence electrons. The highest BCUT2D eigenvalue weighted by Gasteiger charge is 2.32. The summed E-state index contributed by atoms with van der Waals surface area (Å²) in [5.41, 5.74) is 6.71. The Balaban J connectivity index is 2.14. The third-order valence-corrected chi connectivity index (χ3v) is 5.00. The molecule has 2 aromatic rings. The number of hydrogen-bond acceptors (Lipinski definition) is 3. The number of fused-ring (bicyclic) bond motifs is 1. The maximum atomic E-state index is 12.9. The molecule has 5 heteroatoms. The van der Waals surface area contributed by atoms with Gasteiger partial charge in [0.15, 0.2) is 0 Å². The van der Waals surface area contributed by atoms with Crippen LogP contribution in [0.5, 0.6) is 5.75 Å². The number of anilines is 1. The van der Waals surface area contributed by atoms with Crippen molar-refractivity contribution in [2.24, 2.45) is 0 Å². The summed E-state index contributed by atoms with van der Waals surface area (Å²) in [5.74, 6) is 0.537. The molecule has 2 aromatic carbocycles. The number of aryl methyl sites for hydroxylation is 1. The zero-order valence-electron chi connectivity index (χ0n) is 16.5. The number of methoxy groups -OCH3 is 1. The number of benzene rings is 2. The predicted octanol–water partition coefficient (Wildman–Crippen LogP) is 3.63. The second kappa shape index (κ2) is 7.51. The van der Waals surface area contributed by atoms with Crippen LogP contribution < -0.4 is 9.64 Å². The second-order valence-electron chi connectivity index (χ2n) is 7.08. The van der Waals surface area contributed by atoms with Crippen LogP contribution in [0.25, 0.3) is 11.1 Å². The van der Waals surface area contributed by atoms with Crippen molar-refractivity contribution in [3.05, 3.63) is 59.1 Å². The summed E-state index contributed by atoms with van der Waals surface area (Å²) in [5, 5.41) is 0. The van der Waals surface area contributed by atoms with E-state index < -0.39 is 0 Å². The molecule has 27 heavy (non-hydrogen) atoms. The first-order valence-corrected chi connectivity index (χ1v) is 9.10. The molecule has 1 heterocycles. The molecule has 0 fully saturated rings. The van der Waals surface area contributed by atoms with Crippen molar-refractivity contribution in [1.82, 2.24) is 4.90 Å². The summed E-state index contributed by atoms with van der Waals surface area (Å²) in [6, 6.07) is 10.4. The summed E-state index contributed by atoms with van der Waals surface area (Å²) in [7, 11) is 11.4. The van der Waals surface area contributed by atoms with Crippen LogP contribution in [0, 0.1) is 0 Å². The SMILES string of the molecule is [B]C(=C)CN1Cc2c(-c3ccc(CC)c(N(C)C)c3)ccc(OC)c2C1=O. The topological polar surface area (TPSA) is 32.8 Å². The van der Waals surface area contributed by atoms with E-state index in [1.54, 1.807) is 12.0 Å². The summed E-state index contributed by atoms with van der Waals surface area (Å²) >= 11 is 0. The van der Waals surface area contributed by atoms with Gasteiger partial charge >= 0.3 is 0 Å². The smallest absolute Gasteiger partial charge is 0.258 e. The third kappa shape index (κ3) is 3.46. The van der Waals surface area contributed by atoms with Crippen LogP contribution >= 0.6 is 0 Å². The number of rotatable bonds is 6. The van der Waals surface area contributed by atoms with Crippen LogP contribution in [-0.2, 0) is 13.0 Å². The molecule has 0 aromatic heterocycles. The van der Waals surface area contributed by atoms with E-state index >= 15 is 0 Å². The van der Waals surface area contributed by atoms with E-state index in [2.05, 4.69) is 50.7 Å². The van der Waals surface area contributed by atoms with Gasteiger partial charge < -0.3 is 14.5 Å². The Hall–Kier alpha value is -2.69. The lowest BCUT2D eigenvalue weighted by atomic mass is 9.94. The fourth-order valence-electron chi connectivity index (χ4n) is 3.71. The summed E-state index contributed by atoms with van der Waals surface area (Å²) in [6.45, 7) is 6.74. The van der Waals surface area contributed by atoms with Crippen LogP contribution in [0.2, 0.25) is 0 Å². The Morgan fingerprint density at radius 3 is 2.63 bits per heavy atom. The molecule has 2 radical (unpaired) electrons. The van der Waals surface area contributed by atoms with E-state index in [1.165, 1.54) is 11.3 Å². The van der Waals surface area contributed by atoms with Crippen LogP contribution in [0.1, 0.15) is 28.4 Å². The average molecular weight is 360 g/mol. The van der Waals surface area contributed by atoms with Crippen LogP contribution in [0.4, 0.5) is 5.69 Å². The van der Waals surface area contributed by atoms with Crippen molar-refractivity contribution in [3.8, 4) is 16.9 Å². The van der Waals surface area contributed by atoms with Crippen LogP contribution in [0.15, 0.2) is 42.4 Å². The third-order valence-electron chi connectivity index (χ3n) is 5.00. The molecule has 0 aliphatic carbocycles. The first kappa shape index (κ1) is 19.1. The van der Waals surface area contributed by atoms with Crippen molar-refractivity contribution in [3.63, 3.8) is 0 Å². The lowest BCUT2D eigenvalue weighted by Crippen LogP contribution is -2.26. The Labute approximate surface area is 162 Å². The van der Waals surface area contributed by atoms with E-state index in [1.807, 2.05) is 12.1 Å². The number of nitrogens with zero attached hydrogens (tertiary/aromatic N) is 2. The fourth-order valence-corrected chi connectivity index (χ4v) is 3.71. The van der Waals surface area contributed by atoms with E-state index in [0.29, 0.717) is 29.9 Å². The molecular weight excluding hydrogens is 335 g/mol. The van der Waals surface area contributed by atoms with Crippen molar-refractivity contribution in [2.45, 2.75) is 19.9 Å². The highest BCUT2D eigenvalue weighted by atomic mass is 16.5. The Kier molecular flexibility index (Phi) is 5.31. The van der Waals surface area contributed by atoms with Crippen molar-refractivity contribution < 1.29 is 9.53 Å². The predicted molar refractivity (Wildman–Crippen MR) is 112 cm³/mol. The minimum atomic E-state index is -0.0617. The molecule has 0 saturated heterocycles.